The maximum absolute atomic E-state index is 11.2. The van der Waals surface area contributed by atoms with E-state index in [-0.39, 0.29) is 5.02 Å². The SMILES string of the molecule is Cc1ccc(/C=N\Nc2cn[nH]c(=O)c2Cl)cc1. The Labute approximate surface area is 109 Å². The summed E-state index contributed by atoms with van der Waals surface area (Å²) >= 11 is 5.78. The topological polar surface area (TPSA) is 70.1 Å². The molecule has 0 aliphatic carbocycles. The van der Waals surface area contributed by atoms with E-state index >= 15 is 0 Å². The number of nitrogens with zero attached hydrogens (tertiary/aromatic N) is 2. The Balaban J connectivity index is 2.09. The van der Waals surface area contributed by atoms with Gasteiger partial charge in [-0.15, -0.1) is 0 Å². The predicted octanol–water partition coefficient (Wildman–Crippen LogP) is 2.18. The van der Waals surface area contributed by atoms with Gasteiger partial charge in [0.05, 0.1) is 12.4 Å². The van der Waals surface area contributed by atoms with Crippen LogP contribution in [-0.2, 0) is 0 Å². The van der Waals surface area contributed by atoms with Gasteiger partial charge in [0.25, 0.3) is 5.56 Å². The van der Waals surface area contributed by atoms with Crippen LogP contribution in [-0.4, -0.2) is 16.4 Å². The fourth-order valence-electron chi connectivity index (χ4n) is 1.29. The van der Waals surface area contributed by atoms with Gasteiger partial charge >= 0.3 is 0 Å². The lowest BCUT2D eigenvalue weighted by Crippen LogP contribution is -2.10. The van der Waals surface area contributed by atoms with Crippen molar-refractivity contribution in [3.63, 3.8) is 0 Å². The second-order valence-corrected chi connectivity index (χ2v) is 4.09. The highest BCUT2D eigenvalue weighted by Gasteiger charge is 2.02. The summed E-state index contributed by atoms with van der Waals surface area (Å²) in [7, 11) is 0. The number of hydrazone groups is 1. The van der Waals surface area contributed by atoms with Crippen molar-refractivity contribution in [2.45, 2.75) is 6.92 Å². The number of H-pyrrole nitrogens is 1. The Morgan fingerprint density at radius 3 is 2.83 bits per heavy atom. The molecular formula is C12H11ClN4O. The number of hydrogen-bond donors (Lipinski definition) is 2. The molecule has 0 saturated heterocycles. The van der Waals surface area contributed by atoms with Gasteiger partial charge in [0.2, 0.25) is 0 Å². The number of nitrogens with one attached hydrogen (secondary N) is 2. The van der Waals surface area contributed by atoms with Gasteiger partial charge < -0.3 is 0 Å². The molecule has 2 rings (SSSR count). The predicted molar refractivity (Wildman–Crippen MR) is 72.3 cm³/mol. The zero-order valence-electron chi connectivity index (χ0n) is 9.64. The first kappa shape index (κ1) is 12.3. The van der Waals surface area contributed by atoms with Gasteiger partial charge in [-0.25, -0.2) is 5.10 Å². The fraction of sp³-hybridized carbons (Fsp3) is 0.0833. The highest BCUT2D eigenvalue weighted by atomic mass is 35.5. The number of halogens is 1. The minimum absolute atomic E-state index is 0.0334. The van der Waals surface area contributed by atoms with Crippen LogP contribution in [0.3, 0.4) is 0 Å². The zero-order valence-corrected chi connectivity index (χ0v) is 10.4. The third-order valence-electron chi connectivity index (χ3n) is 2.27. The van der Waals surface area contributed by atoms with Crippen LogP contribution >= 0.6 is 11.6 Å². The lowest BCUT2D eigenvalue weighted by Gasteiger charge is -2.00. The number of anilines is 1. The van der Waals surface area contributed by atoms with Crippen molar-refractivity contribution in [1.82, 2.24) is 10.2 Å². The van der Waals surface area contributed by atoms with Gasteiger partial charge in [0.1, 0.15) is 10.7 Å². The summed E-state index contributed by atoms with van der Waals surface area (Å²) in [6.45, 7) is 2.01. The van der Waals surface area contributed by atoms with Crippen molar-refractivity contribution in [3.8, 4) is 0 Å². The molecule has 0 radical (unpaired) electrons. The Bertz CT molecular complexity index is 619. The second-order valence-electron chi connectivity index (χ2n) is 3.71. The first-order valence-corrected chi connectivity index (χ1v) is 5.63. The molecule has 6 heteroatoms. The molecular weight excluding hydrogens is 252 g/mol. The van der Waals surface area contributed by atoms with Gasteiger partial charge in [-0.1, -0.05) is 41.4 Å². The monoisotopic (exact) mass is 262 g/mol. The third kappa shape index (κ3) is 2.95. The van der Waals surface area contributed by atoms with Crippen LogP contribution in [0.25, 0.3) is 0 Å². The standard InChI is InChI=1S/C12H11ClN4O/c1-8-2-4-9(5-3-8)6-14-16-10-7-15-17-12(18)11(10)13/h2-7H,1H3,(H2,16,17,18)/b14-6-. The van der Waals surface area contributed by atoms with E-state index < -0.39 is 5.56 Å². The van der Waals surface area contributed by atoms with Gasteiger partial charge in [-0.3, -0.25) is 10.2 Å². The van der Waals surface area contributed by atoms with E-state index in [0.29, 0.717) is 5.69 Å². The molecule has 2 N–H and O–H groups in total. The van der Waals surface area contributed by atoms with E-state index in [2.05, 4.69) is 20.7 Å². The smallest absolute Gasteiger partial charge is 0.275 e. The van der Waals surface area contributed by atoms with Crippen LogP contribution in [0.1, 0.15) is 11.1 Å². The fourth-order valence-corrected chi connectivity index (χ4v) is 1.42. The first-order chi connectivity index (χ1) is 8.66. The number of rotatable bonds is 3. The van der Waals surface area contributed by atoms with Crippen molar-refractivity contribution < 1.29 is 0 Å². The van der Waals surface area contributed by atoms with Crippen LogP contribution in [0.2, 0.25) is 5.02 Å². The summed E-state index contributed by atoms with van der Waals surface area (Å²) in [5.41, 5.74) is 4.71. The van der Waals surface area contributed by atoms with E-state index in [1.165, 1.54) is 11.8 Å². The molecule has 0 atom stereocenters. The molecule has 0 aliphatic heterocycles. The summed E-state index contributed by atoms with van der Waals surface area (Å²) in [6.07, 6.45) is 3.03. The van der Waals surface area contributed by atoms with Crippen LogP contribution in [0.5, 0.6) is 0 Å². The molecule has 2 aromatic rings. The number of aromatic amines is 1. The van der Waals surface area contributed by atoms with E-state index in [9.17, 15) is 4.79 Å². The van der Waals surface area contributed by atoms with Crippen molar-refractivity contribution in [2.24, 2.45) is 5.10 Å². The highest BCUT2D eigenvalue weighted by molar-refractivity contribution is 6.32. The quantitative estimate of drug-likeness (QED) is 0.658. The summed E-state index contributed by atoms with van der Waals surface area (Å²) in [5, 5.41) is 9.87. The first-order valence-electron chi connectivity index (χ1n) is 5.26. The average molecular weight is 263 g/mol. The molecule has 5 nitrogen and oxygen atoms in total. The number of benzene rings is 1. The Kier molecular flexibility index (Phi) is 3.74. The minimum Gasteiger partial charge on any atom is -0.275 e. The molecule has 0 spiro atoms. The molecule has 1 aromatic heterocycles. The second kappa shape index (κ2) is 5.46. The van der Waals surface area contributed by atoms with Gasteiger partial charge in [-0.05, 0) is 12.5 Å². The van der Waals surface area contributed by atoms with Crippen molar-refractivity contribution in [3.05, 3.63) is 57.0 Å². The molecule has 0 amide bonds. The van der Waals surface area contributed by atoms with E-state index in [1.54, 1.807) is 6.21 Å². The lowest BCUT2D eigenvalue weighted by atomic mass is 10.2. The van der Waals surface area contributed by atoms with E-state index in [0.717, 1.165) is 5.56 Å². The Morgan fingerprint density at radius 1 is 1.39 bits per heavy atom. The number of hydrogen-bond acceptors (Lipinski definition) is 4. The molecule has 1 heterocycles. The van der Waals surface area contributed by atoms with E-state index in [1.807, 2.05) is 31.2 Å². The Hall–Kier alpha value is -2.14. The third-order valence-corrected chi connectivity index (χ3v) is 2.65. The van der Waals surface area contributed by atoms with Crippen molar-refractivity contribution in [2.75, 3.05) is 5.43 Å². The molecule has 0 aliphatic rings. The van der Waals surface area contributed by atoms with Crippen molar-refractivity contribution >= 4 is 23.5 Å². The summed E-state index contributed by atoms with van der Waals surface area (Å²) in [6, 6.07) is 7.86. The molecule has 18 heavy (non-hydrogen) atoms. The van der Waals surface area contributed by atoms with Crippen LogP contribution in [0.15, 0.2) is 40.4 Å². The minimum atomic E-state index is -0.452. The summed E-state index contributed by atoms with van der Waals surface area (Å²) < 4.78 is 0. The van der Waals surface area contributed by atoms with Crippen LogP contribution < -0.4 is 11.0 Å². The number of aromatic nitrogens is 2. The lowest BCUT2D eigenvalue weighted by molar-refractivity contribution is 0.987. The molecule has 0 unspecified atom stereocenters. The largest absolute Gasteiger partial charge is 0.285 e. The van der Waals surface area contributed by atoms with Gasteiger partial charge in [-0.2, -0.15) is 10.2 Å². The molecule has 1 aromatic carbocycles. The summed E-state index contributed by atoms with van der Waals surface area (Å²) in [4.78, 5) is 11.2. The highest BCUT2D eigenvalue weighted by Crippen LogP contribution is 2.13. The maximum Gasteiger partial charge on any atom is 0.285 e. The van der Waals surface area contributed by atoms with E-state index in [4.69, 9.17) is 11.6 Å². The molecule has 0 saturated carbocycles. The Morgan fingerprint density at radius 2 is 2.11 bits per heavy atom. The number of aryl methyl sites for hydroxylation is 1. The van der Waals surface area contributed by atoms with Gasteiger partial charge in [0, 0.05) is 0 Å². The molecule has 0 bridgehead atoms. The van der Waals surface area contributed by atoms with Gasteiger partial charge in [0.15, 0.2) is 0 Å². The average Bonchev–Trinajstić information content (AvgIpc) is 2.37. The van der Waals surface area contributed by atoms with Crippen molar-refractivity contribution in [1.29, 1.82) is 0 Å². The van der Waals surface area contributed by atoms with Crippen LogP contribution in [0.4, 0.5) is 5.69 Å². The maximum atomic E-state index is 11.2. The summed E-state index contributed by atoms with van der Waals surface area (Å²) in [5.74, 6) is 0. The molecule has 92 valence electrons. The van der Waals surface area contributed by atoms with Crippen LogP contribution in [0, 0.1) is 6.92 Å². The zero-order chi connectivity index (χ0) is 13.0. The normalized spacial score (nSPS) is 10.8. The molecule has 0 fully saturated rings.